The number of ketones is 1. The lowest BCUT2D eigenvalue weighted by atomic mass is 10.0. The molecule has 0 heterocycles. The molecule has 0 bridgehead atoms. The number of hydrogen-bond acceptors (Lipinski definition) is 3. The van der Waals surface area contributed by atoms with Gasteiger partial charge >= 0.3 is 0 Å². The Kier molecular flexibility index (Phi) is 5.90. The van der Waals surface area contributed by atoms with E-state index < -0.39 is 6.10 Å². The van der Waals surface area contributed by atoms with Crippen molar-refractivity contribution in [3.05, 3.63) is 95.1 Å². The second-order valence-electron chi connectivity index (χ2n) is 6.69. The number of aryl methyl sites for hydroxylation is 1. The summed E-state index contributed by atoms with van der Waals surface area (Å²) in [6.07, 6.45) is -0.708. The third kappa shape index (κ3) is 4.29. The topological polar surface area (TPSA) is 55.4 Å². The van der Waals surface area contributed by atoms with E-state index in [0.717, 1.165) is 11.1 Å². The molecule has 0 spiro atoms. The van der Waals surface area contributed by atoms with Crippen LogP contribution in [0.5, 0.6) is 5.75 Å². The number of anilines is 1. The monoisotopic (exact) mass is 373 g/mol. The predicted molar refractivity (Wildman–Crippen MR) is 111 cm³/mol. The number of para-hydroxylation sites is 1. The Balaban J connectivity index is 1.77. The summed E-state index contributed by atoms with van der Waals surface area (Å²) in [5.74, 6) is 0.227. The zero-order valence-corrected chi connectivity index (χ0v) is 16.2. The van der Waals surface area contributed by atoms with Crippen LogP contribution >= 0.6 is 0 Å². The summed E-state index contributed by atoms with van der Waals surface area (Å²) in [5, 5.41) is 2.83. The molecule has 0 radical (unpaired) electrons. The first-order valence-corrected chi connectivity index (χ1v) is 9.20. The van der Waals surface area contributed by atoms with Crippen molar-refractivity contribution in [2.75, 3.05) is 5.32 Å². The molecule has 3 aromatic carbocycles. The summed E-state index contributed by atoms with van der Waals surface area (Å²) in [5.41, 5.74) is 3.59. The van der Waals surface area contributed by atoms with E-state index in [1.165, 1.54) is 0 Å². The number of benzene rings is 3. The van der Waals surface area contributed by atoms with Gasteiger partial charge in [-0.3, -0.25) is 9.59 Å². The van der Waals surface area contributed by atoms with Gasteiger partial charge in [-0.25, -0.2) is 0 Å². The molecule has 3 rings (SSSR count). The summed E-state index contributed by atoms with van der Waals surface area (Å²) in [7, 11) is 0. The van der Waals surface area contributed by atoms with E-state index in [9.17, 15) is 9.59 Å². The largest absolute Gasteiger partial charge is 0.481 e. The van der Waals surface area contributed by atoms with Gasteiger partial charge in [-0.15, -0.1) is 0 Å². The molecule has 1 atom stereocenters. The smallest absolute Gasteiger partial charge is 0.265 e. The van der Waals surface area contributed by atoms with Gasteiger partial charge < -0.3 is 10.1 Å². The van der Waals surface area contributed by atoms with Crippen LogP contribution in [0.25, 0.3) is 0 Å². The van der Waals surface area contributed by atoms with Crippen molar-refractivity contribution < 1.29 is 14.3 Å². The number of rotatable bonds is 6. The molecular formula is C24H23NO3. The summed E-state index contributed by atoms with van der Waals surface area (Å²) in [6.45, 7) is 5.65. The summed E-state index contributed by atoms with van der Waals surface area (Å²) in [4.78, 5) is 25.5. The minimum absolute atomic E-state index is 0.139. The number of hydrogen-bond donors (Lipinski definition) is 1. The maximum Gasteiger partial charge on any atom is 0.265 e. The summed E-state index contributed by atoms with van der Waals surface area (Å²) < 4.78 is 5.85. The van der Waals surface area contributed by atoms with Crippen molar-refractivity contribution in [1.29, 1.82) is 0 Å². The molecule has 0 aliphatic heterocycles. The molecule has 0 fully saturated rings. The summed E-state index contributed by atoms with van der Waals surface area (Å²) in [6, 6.07) is 21.7. The lowest BCUT2D eigenvalue weighted by molar-refractivity contribution is -0.122. The molecule has 142 valence electrons. The van der Waals surface area contributed by atoms with Gasteiger partial charge in [0.05, 0.1) is 5.69 Å². The molecule has 0 unspecified atom stereocenters. The van der Waals surface area contributed by atoms with Gasteiger partial charge in [-0.1, -0.05) is 54.6 Å². The molecular weight excluding hydrogens is 350 g/mol. The molecule has 0 aliphatic rings. The van der Waals surface area contributed by atoms with Gasteiger partial charge in [0.1, 0.15) is 5.75 Å². The van der Waals surface area contributed by atoms with E-state index >= 15 is 0 Å². The Hall–Kier alpha value is -3.40. The second-order valence-corrected chi connectivity index (χ2v) is 6.69. The standard InChI is InChI=1S/C24H23NO3/c1-16-10-9-15-22(17(16)2)28-18(3)24(27)25-21-14-8-7-13-20(21)23(26)19-11-5-4-6-12-19/h4-15,18H,1-3H3,(H,25,27)/t18-/m0/s1. The fourth-order valence-corrected chi connectivity index (χ4v) is 2.87. The van der Waals surface area contributed by atoms with Crippen molar-refractivity contribution in [2.45, 2.75) is 26.9 Å². The van der Waals surface area contributed by atoms with Crippen molar-refractivity contribution in [3.63, 3.8) is 0 Å². The van der Waals surface area contributed by atoms with Gasteiger partial charge in [0.15, 0.2) is 11.9 Å². The Labute approximate surface area is 165 Å². The molecule has 1 N–H and O–H groups in total. The average Bonchev–Trinajstić information content (AvgIpc) is 2.72. The SMILES string of the molecule is Cc1cccc(O[C@@H](C)C(=O)Nc2ccccc2C(=O)c2ccccc2)c1C. The molecule has 0 aromatic heterocycles. The Bertz CT molecular complexity index is 996. The number of carbonyl (C=O) groups excluding carboxylic acids is 2. The highest BCUT2D eigenvalue weighted by Gasteiger charge is 2.19. The van der Waals surface area contributed by atoms with E-state index in [4.69, 9.17) is 4.74 Å². The quantitative estimate of drug-likeness (QED) is 0.623. The molecule has 0 saturated heterocycles. The second kappa shape index (κ2) is 8.53. The zero-order valence-electron chi connectivity index (χ0n) is 16.2. The van der Waals surface area contributed by atoms with Crippen LogP contribution < -0.4 is 10.1 Å². The maximum absolute atomic E-state index is 12.8. The molecule has 0 aliphatic carbocycles. The van der Waals surface area contributed by atoms with Crippen molar-refractivity contribution >= 4 is 17.4 Å². The van der Waals surface area contributed by atoms with E-state index in [1.54, 1.807) is 43.3 Å². The first-order valence-electron chi connectivity index (χ1n) is 9.20. The molecule has 3 aromatic rings. The number of ether oxygens (including phenoxy) is 1. The number of amides is 1. The first kappa shape index (κ1) is 19.4. The van der Waals surface area contributed by atoms with Crippen LogP contribution in [0.4, 0.5) is 5.69 Å². The van der Waals surface area contributed by atoms with Gasteiger partial charge in [0.25, 0.3) is 5.91 Å². The van der Waals surface area contributed by atoms with E-state index in [1.807, 2.05) is 50.2 Å². The van der Waals surface area contributed by atoms with Crippen LogP contribution in [0.15, 0.2) is 72.8 Å². The van der Waals surface area contributed by atoms with Crippen molar-refractivity contribution in [2.24, 2.45) is 0 Å². The van der Waals surface area contributed by atoms with E-state index in [2.05, 4.69) is 5.32 Å². The summed E-state index contributed by atoms with van der Waals surface area (Å²) >= 11 is 0. The fraction of sp³-hybridized carbons (Fsp3) is 0.167. The van der Waals surface area contributed by atoms with Crippen molar-refractivity contribution in [3.8, 4) is 5.75 Å². The average molecular weight is 373 g/mol. The third-order valence-corrected chi connectivity index (χ3v) is 4.69. The van der Waals surface area contributed by atoms with Gasteiger partial charge in [-0.05, 0) is 50.1 Å². The lowest BCUT2D eigenvalue weighted by Gasteiger charge is -2.18. The van der Waals surface area contributed by atoms with Crippen LogP contribution in [0, 0.1) is 13.8 Å². The number of nitrogens with one attached hydrogen (secondary N) is 1. The Morgan fingerprint density at radius 3 is 2.29 bits per heavy atom. The minimum Gasteiger partial charge on any atom is -0.481 e. The molecule has 1 amide bonds. The lowest BCUT2D eigenvalue weighted by Crippen LogP contribution is -2.31. The Morgan fingerprint density at radius 1 is 0.857 bits per heavy atom. The third-order valence-electron chi connectivity index (χ3n) is 4.69. The molecule has 0 saturated carbocycles. The van der Waals surface area contributed by atoms with Crippen LogP contribution in [0.3, 0.4) is 0 Å². The number of carbonyl (C=O) groups is 2. The Morgan fingerprint density at radius 2 is 1.54 bits per heavy atom. The van der Waals surface area contributed by atoms with Gasteiger partial charge in [0, 0.05) is 11.1 Å². The highest BCUT2D eigenvalue weighted by atomic mass is 16.5. The van der Waals surface area contributed by atoms with E-state index in [0.29, 0.717) is 22.6 Å². The zero-order chi connectivity index (χ0) is 20.1. The maximum atomic E-state index is 12.8. The molecule has 28 heavy (non-hydrogen) atoms. The highest BCUT2D eigenvalue weighted by Crippen LogP contribution is 2.23. The normalized spacial score (nSPS) is 11.5. The molecule has 4 nitrogen and oxygen atoms in total. The van der Waals surface area contributed by atoms with Crippen molar-refractivity contribution in [1.82, 2.24) is 0 Å². The van der Waals surface area contributed by atoms with Crippen LogP contribution in [-0.2, 0) is 4.79 Å². The van der Waals surface area contributed by atoms with Gasteiger partial charge in [0.2, 0.25) is 0 Å². The highest BCUT2D eigenvalue weighted by molar-refractivity contribution is 6.14. The van der Waals surface area contributed by atoms with Crippen LogP contribution in [0.2, 0.25) is 0 Å². The van der Waals surface area contributed by atoms with Gasteiger partial charge in [-0.2, -0.15) is 0 Å². The first-order chi connectivity index (χ1) is 13.5. The fourth-order valence-electron chi connectivity index (χ4n) is 2.87. The predicted octanol–water partition coefficient (Wildman–Crippen LogP) is 4.94. The van der Waals surface area contributed by atoms with Crippen LogP contribution in [0.1, 0.15) is 34.0 Å². The molecule has 4 heteroatoms. The van der Waals surface area contributed by atoms with E-state index in [-0.39, 0.29) is 11.7 Å². The van der Waals surface area contributed by atoms with Crippen LogP contribution in [-0.4, -0.2) is 17.8 Å². The minimum atomic E-state index is -0.708.